The van der Waals surface area contributed by atoms with Crippen molar-refractivity contribution >= 4 is 21.4 Å². The maximum atomic E-state index is 13.1. The standard InChI is InChI=1S/C19H28N4O3S/c1-12(20)11-23-14(3)17(13(2)22-23)27(25,26)16-9-7-15(8-10-16)21-18(24)19(4,5)6/h7-10,12H,11,20H2,1-6H3,(H,21,24)/t12-/m0/s1. The lowest BCUT2D eigenvalue weighted by atomic mass is 9.95. The summed E-state index contributed by atoms with van der Waals surface area (Å²) in [4.78, 5) is 12.4. The second-order valence-corrected chi connectivity index (χ2v) is 9.78. The topological polar surface area (TPSA) is 107 Å². The summed E-state index contributed by atoms with van der Waals surface area (Å²) in [5, 5.41) is 7.11. The molecule has 0 radical (unpaired) electrons. The average Bonchev–Trinajstić information content (AvgIpc) is 2.80. The molecule has 0 aliphatic heterocycles. The van der Waals surface area contributed by atoms with Crippen molar-refractivity contribution in [3.8, 4) is 0 Å². The van der Waals surface area contributed by atoms with E-state index in [-0.39, 0.29) is 21.7 Å². The van der Waals surface area contributed by atoms with Crippen molar-refractivity contribution < 1.29 is 13.2 Å². The first-order valence-electron chi connectivity index (χ1n) is 8.80. The highest BCUT2D eigenvalue weighted by atomic mass is 32.2. The summed E-state index contributed by atoms with van der Waals surface area (Å²) in [5.74, 6) is -0.137. The molecular weight excluding hydrogens is 364 g/mol. The van der Waals surface area contributed by atoms with E-state index in [0.717, 1.165) is 0 Å². The first-order chi connectivity index (χ1) is 12.3. The lowest BCUT2D eigenvalue weighted by molar-refractivity contribution is -0.123. The highest BCUT2D eigenvalue weighted by Crippen LogP contribution is 2.28. The third-order valence-electron chi connectivity index (χ3n) is 4.15. The van der Waals surface area contributed by atoms with E-state index in [2.05, 4.69) is 10.4 Å². The third-order valence-corrected chi connectivity index (χ3v) is 6.17. The van der Waals surface area contributed by atoms with E-state index in [4.69, 9.17) is 5.73 Å². The van der Waals surface area contributed by atoms with Gasteiger partial charge in [-0.3, -0.25) is 9.48 Å². The van der Waals surface area contributed by atoms with Gasteiger partial charge in [-0.2, -0.15) is 5.10 Å². The van der Waals surface area contributed by atoms with Crippen LogP contribution in [0.25, 0.3) is 0 Å². The SMILES string of the molecule is Cc1nn(C[C@H](C)N)c(C)c1S(=O)(=O)c1ccc(NC(=O)C(C)(C)C)cc1. The summed E-state index contributed by atoms with van der Waals surface area (Å²) in [5.41, 5.74) is 6.84. The largest absolute Gasteiger partial charge is 0.326 e. The third kappa shape index (κ3) is 4.56. The molecule has 0 fully saturated rings. The van der Waals surface area contributed by atoms with Crippen LogP contribution in [0.2, 0.25) is 0 Å². The number of nitrogens with zero attached hydrogens (tertiary/aromatic N) is 2. The van der Waals surface area contributed by atoms with Crippen molar-refractivity contribution in [3.63, 3.8) is 0 Å². The van der Waals surface area contributed by atoms with Gasteiger partial charge in [0.05, 0.1) is 22.8 Å². The summed E-state index contributed by atoms with van der Waals surface area (Å²) in [6.07, 6.45) is 0. The number of aromatic nitrogens is 2. The predicted octanol–water partition coefficient (Wildman–Crippen LogP) is 2.66. The normalized spacial score (nSPS) is 13.4. The van der Waals surface area contributed by atoms with Gasteiger partial charge in [0.15, 0.2) is 0 Å². The van der Waals surface area contributed by atoms with E-state index < -0.39 is 15.3 Å². The number of carbonyl (C=O) groups is 1. The molecule has 0 saturated heterocycles. The molecule has 8 heteroatoms. The van der Waals surface area contributed by atoms with Gasteiger partial charge in [0.1, 0.15) is 4.90 Å². The van der Waals surface area contributed by atoms with Gasteiger partial charge in [0.2, 0.25) is 15.7 Å². The molecule has 1 aromatic heterocycles. The Hall–Kier alpha value is -2.19. The summed E-state index contributed by atoms with van der Waals surface area (Å²) in [6.45, 7) is 11.1. The number of nitrogens with two attached hydrogens (primary N) is 1. The van der Waals surface area contributed by atoms with E-state index in [9.17, 15) is 13.2 Å². The maximum Gasteiger partial charge on any atom is 0.229 e. The second kappa shape index (κ2) is 7.44. The highest BCUT2D eigenvalue weighted by molar-refractivity contribution is 7.91. The summed E-state index contributed by atoms with van der Waals surface area (Å²) >= 11 is 0. The van der Waals surface area contributed by atoms with Crippen molar-refractivity contribution in [2.75, 3.05) is 5.32 Å². The van der Waals surface area contributed by atoms with Gasteiger partial charge in [-0.05, 0) is 45.0 Å². The number of benzene rings is 1. The van der Waals surface area contributed by atoms with Crippen LogP contribution in [0.5, 0.6) is 0 Å². The van der Waals surface area contributed by atoms with Crippen LogP contribution in [0.15, 0.2) is 34.1 Å². The lowest BCUT2D eigenvalue weighted by Gasteiger charge is -2.17. The van der Waals surface area contributed by atoms with Crippen LogP contribution in [-0.4, -0.2) is 30.1 Å². The van der Waals surface area contributed by atoms with Crippen LogP contribution in [0.4, 0.5) is 5.69 Å². The van der Waals surface area contributed by atoms with Gasteiger partial charge in [-0.25, -0.2) is 8.42 Å². The molecule has 0 unspecified atom stereocenters. The minimum Gasteiger partial charge on any atom is -0.326 e. The van der Waals surface area contributed by atoms with Crippen molar-refractivity contribution in [2.24, 2.45) is 11.1 Å². The van der Waals surface area contributed by atoms with Gasteiger partial charge in [-0.15, -0.1) is 0 Å². The molecule has 1 heterocycles. The number of amides is 1. The fraction of sp³-hybridized carbons (Fsp3) is 0.474. The molecule has 7 nitrogen and oxygen atoms in total. The van der Waals surface area contributed by atoms with Crippen LogP contribution < -0.4 is 11.1 Å². The maximum absolute atomic E-state index is 13.1. The van der Waals surface area contributed by atoms with Crippen molar-refractivity contribution in [3.05, 3.63) is 35.7 Å². The van der Waals surface area contributed by atoms with E-state index in [1.54, 1.807) is 30.7 Å². The number of hydrogen-bond donors (Lipinski definition) is 2. The molecule has 1 aromatic carbocycles. The monoisotopic (exact) mass is 392 g/mol. The first-order valence-corrected chi connectivity index (χ1v) is 10.3. The Balaban J connectivity index is 2.35. The van der Waals surface area contributed by atoms with Crippen LogP contribution in [0, 0.1) is 19.3 Å². The molecular formula is C19H28N4O3S. The van der Waals surface area contributed by atoms with Crippen molar-refractivity contribution in [1.82, 2.24) is 9.78 Å². The van der Waals surface area contributed by atoms with Gasteiger partial charge >= 0.3 is 0 Å². The van der Waals surface area contributed by atoms with Crippen molar-refractivity contribution in [1.29, 1.82) is 0 Å². The molecule has 0 saturated carbocycles. The number of anilines is 1. The predicted molar refractivity (Wildman–Crippen MR) is 105 cm³/mol. The Kier molecular flexibility index (Phi) is 5.82. The zero-order chi connectivity index (χ0) is 20.6. The van der Waals surface area contributed by atoms with E-state index in [0.29, 0.717) is 23.6 Å². The summed E-state index contributed by atoms with van der Waals surface area (Å²) in [6, 6.07) is 6.04. The minimum absolute atomic E-state index is 0.135. The Morgan fingerprint density at radius 1 is 1.22 bits per heavy atom. The molecule has 0 aliphatic rings. The van der Waals surface area contributed by atoms with Crippen LogP contribution >= 0.6 is 0 Å². The number of carbonyl (C=O) groups excluding carboxylic acids is 1. The smallest absolute Gasteiger partial charge is 0.229 e. The lowest BCUT2D eigenvalue weighted by Crippen LogP contribution is -2.27. The molecule has 0 aliphatic carbocycles. The van der Waals surface area contributed by atoms with Crippen LogP contribution in [0.3, 0.4) is 0 Å². The van der Waals surface area contributed by atoms with E-state index in [1.165, 1.54) is 12.1 Å². The molecule has 3 N–H and O–H groups in total. The number of nitrogens with one attached hydrogen (secondary N) is 1. The molecule has 1 atom stereocenters. The fourth-order valence-electron chi connectivity index (χ4n) is 2.67. The highest BCUT2D eigenvalue weighted by Gasteiger charge is 2.27. The number of aryl methyl sites for hydroxylation is 1. The fourth-order valence-corrected chi connectivity index (χ4v) is 4.33. The Morgan fingerprint density at radius 3 is 2.26 bits per heavy atom. The zero-order valence-electron chi connectivity index (χ0n) is 16.7. The number of rotatable bonds is 5. The Labute approximate surface area is 160 Å². The molecule has 1 amide bonds. The molecule has 2 aromatic rings. The average molecular weight is 393 g/mol. The van der Waals surface area contributed by atoms with Crippen LogP contribution in [0.1, 0.15) is 39.1 Å². The van der Waals surface area contributed by atoms with Gasteiger partial charge < -0.3 is 11.1 Å². The second-order valence-electron chi connectivity index (χ2n) is 7.89. The van der Waals surface area contributed by atoms with Gasteiger partial charge in [-0.1, -0.05) is 20.8 Å². The molecule has 148 valence electrons. The van der Waals surface area contributed by atoms with E-state index in [1.807, 2.05) is 27.7 Å². The zero-order valence-corrected chi connectivity index (χ0v) is 17.5. The summed E-state index contributed by atoms with van der Waals surface area (Å²) in [7, 11) is -3.73. The molecule has 0 spiro atoms. The van der Waals surface area contributed by atoms with E-state index >= 15 is 0 Å². The molecule has 0 bridgehead atoms. The number of hydrogen-bond acceptors (Lipinski definition) is 5. The molecule has 27 heavy (non-hydrogen) atoms. The quantitative estimate of drug-likeness (QED) is 0.813. The minimum atomic E-state index is -3.73. The van der Waals surface area contributed by atoms with Gasteiger partial charge in [0.25, 0.3) is 0 Å². The Bertz CT molecular complexity index is 937. The first kappa shape index (κ1) is 21.1. The Morgan fingerprint density at radius 2 is 1.78 bits per heavy atom. The van der Waals surface area contributed by atoms with Gasteiger partial charge in [0, 0.05) is 17.1 Å². The number of sulfone groups is 1. The summed E-state index contributed by atoms with van der Waals surface area (Å²) < 4.78 is 27.8. The van der Waals surface area contributed by atoms with Crippen molar-refractivity contribution in [2.45, 2.75) is 63.9 Å². The molecule has 2 rings (SSSR count). The van der Waals surface area contributed by atoms with Crippen LogP contribution in [-0.2, 0) is 21.2 Å².